The predicted molar refractivity (Wildman–Crippen MR) is 114 cm³/mol. The van der Waals surface area contributed by atoms with Crippen molar-refractivity contribution in [1.29, 1.82) is 0 Å². The highest BCUT2D eigenvalue weighted by molar-refractivity contribution is 5.66. The van der Waals surface area contributed by atoms with Gasteiger partial charge < -0.3 is 10.4 Å². The Bertz CT molecular complexity index is 281. The largest absolute Gasteiger partial charge is 0.481 e. The number of hydrogen-bond acceptors (Lipinski definition) is 2. The molecule has 0 saturated heterocycles. The fourth-order valence-corrected chi connectivity index (χ4v) is 3.47. The van der Waals surface area contributed by atoms with Crippen molar-refractivity contribution in [3.8, 4) is 0 Å². The van der Waals surface area contributed by atoms with Crippen LogP contribution in [0.1, 0.15) is 129 Å². The molecule has 0 amide bonds. The van der Waals surface area contributed by atoms with Gasteiger partial charge in [0, 0.05) is 6.54 Å². The normalized spacial score (nSPS) is 11.1. The number of unbranched alkanes of at least 4 members (excludes halogenated alkanes) is 17. The maximum atomic E-state index is 10.4. The second-order valence-corrected chi connectivity index (χ2v) is 7.90. The Hall–Kier alpha value is -0.570. The van der Waals surface area contributed by atoms with Crippen molar-refractivity contribution in [2.75, 3.05) is 13.1 Å². The molecule has 2 N–H and O–H groups in total. The van der Waals surface area contributed by atoms with Crippen LogP contribution in [0.4, 0.5) is 0 Å². The zero-order chi connectivity index (χ0) is 19.1. The van der Waals surface area contributed by atoms with Crippen LogP contribution in [0, 0.1) is 0 Å². The van der Waals surface area contributed by atoms with E-state index in [2.05, 4.69) is 12.2 Å². The van der Waals surface area contributed by atoms with Gasteiger partial charge in [0.25, 0.3) is 0 Å². The molecular formula is C23H47NO2. The van der Waals surface area contributed by atoms with Crippen molar-refractivity contribution >= 4 is 5.97 Å². The number of carboxylic acids is 1. The molecule has 26 heavy (non-hydrogen) atoms. The van der Waals surface area contributed by atoms with E-state index < -0.39 is 5.97 Å². The number of hydrogen-bond donors (Lipinski definition) is 2. The lowest BCUT2D eigenvalue weighted by Gasteiger charge is -2.04. The monoisotopic (exact) mass is 369 g/mol. The average molecular weight is 370 g/mol. The highest BCUT2D eigenvalue weighted by atomic mass is 16.4. The molecule has 0 rings (SSSR count). The molecule has 0 bridgehead atoms. The number of rotatable bonds is 22. The molecule has 0 heterocycles. The Labute approximate surface area is 163 Å². The molecule has 0 aliphatic carbocycles. The molecule has 3 heteroatoms. The minimum absolute atomic E-state index is 0.235. The van der Waals surface area contributed by atoms with Gasteiger partial charge in [-0.3, -0.25) is 4.79 Å². The van der Waals surface area contributed by atoms with E-state index in [0.717, 1.165) is 6.54 Å². The summed E-state index contributed by atoms with van der Waals surface area (Å²) in [5, 5.41) is 11.7. The van der Waals surface area contributed by atoms with Crippen molar-refractivity contribution in [1.82, 2.24) is 5.32 Å². The Morgan fingerprint density at radius 2 is 0.923 bits per heavy atom. The third-order valence-corrected chi connectivity index (χ3v) is 5.22. The van der Waals surface area contributed by atoms with Gasteiger partial charge in [-0.1, -0.05) is 116 Å². The Kier molecular flexibility index (Phi) is 22.0. The minimum atomic E-state index is -0.713. The molecule has 0 spiro atoms. The zero-order valence-electron chi connectivity index (χ0n) is 17.7. The van der Waals surface area contributed by atoms with Crippen LogP contribution < -0.4 is 5.32 Å². The van der Waals surface area contributed by atoms with Gasteiger partial charge in [-0.2, -0.15) is 0 Å². The van der Waals surface area contributed by atoms with Crippen LogP contribution in [0.5, 0.6) is 0 Å². The van der Waals surface area contributed by atoms with Gasteiger partial charge in [-0.15, -0.1) is 0 Å². The molecule has 0 fully saturated rings. The summed E-state index contributed by atoms with van der Waals surface area (Å²) >= 11 is 0. The van der Waals surface area contributed by atoms with Crippen LogP contribution in [0.25, 0.3) is 0 Å². The number of carboxylic acid groups (broad SMARTS) is 1. The molecule has 156 valence electrons. The van der Waals surface area contributed by atoms with Crippen LogP contribution in [0.3, 0.4) is 0 Å². The summed E-state index contributed by atoms with van der Waals surface area (Å²) in [6.07, 6.45) is 25.4. The van der Waals surface area contributed by atoms with Crippen LogP contribution in [0.15, 0.2) is 0 Å². The first kappa shape index (κ1) is 25.4. The topological polar surface area (TPSA) is 49.3 Å². The molecule has 3 nitrogen and oxygen atoms in total. The van der Waals surface area contributed by atoms with Crippen LogP contribution in [-0.2, 0) is 4.79 Å². The highest BCUT2D eigenvalue weighted by Crippen LogP contribution is 2.14. The lowest BCUT2D eigenvalue weighted by Crippen LogP contribution is -2.19. The van der Waals surface area contributed by atoms with Crippen LogP contribution >= 0.6 is 0 Å². The van der Waals surface area contributed by atoms with Gasteiger partial charge in [0.2, 0.25) is 0 Å². The van der Waals surface area contributed by atoms with Crippen LogP contribution in [0.2, 0.25) is 0 Å². The smallest absolute Gasteiger partial charge is 0.304 e. The molecule has 0 radical (unpaired) electrons. The molecule has 0 aliphatic rings. The molecule has 0 unspecified atom stereocenters. The summed E-state index contributed by atoms with van der Waals surface area (Å²) in [4.78, 5) is 10.4. The SMILES string of the molecule is CCCCCCCCCCCCCCCCCCCCNCCC(=O)O. The number of aliphatic carboxylic acids is 1. The van der Waals surface area contributed by atoms with E-state index in [1.165, 1.54) is 116 Å². The zero-order valence-corrected chi connectivity index (χ0v) is 17.7. The molecule has 0 saturated carbocycles. The third-order valence-electron chi connectivity index (χ3n) is 5.22. The fourth-order valence-electron chi connectivity index (χ4n) is 3.47. The summed E-state index contributed by atoms with van der Waals surface area (Å²) in [7, 11) is 0. The maximum Gasteiger partial charge on any atom is 0.304 e. The Balaban J connectivity index is 2.98. The summed E-state index contributed by atoms with van der Waals surface area (Å²) in [5.41, 5.74) is 0. The lowest BCUT2D eigenvalue weighted by molar-refractivity contribution is -0.136. The van der Waals surface area contributed by atoms with Gasteiger partial charge in [-0.25, -0.2) is 0 Å². The summed E-state index contributed by atoms with van der Waals surface area (Å²) < 4.78 is 0. The second-order valence-electron chi connectivity index (χ2n) is 7.90. The summed E-state index contributed by atoms with van der Waals surface area (Å²) in [5.74, 6) is -0.713. The quantitative estimate of drug-likeness (QED) is 0.200. The van der Waals surface area contributed by atoms with E-state index in [1.807, 2.05) is 0 Å². The standard InChI is InChI=1S/C23H47NO2/c1-2-3-4-5-6-7-8-9-10-11-12-13-14-15-16-17-18-19-21-24-22-20-23(25)26/h24H,2-22H2,1H3,(H,25,26). The van der Waals surface area contributed by atoms with Gasteiger partial charge >= 0.3 is 5.97 Å². The lowest BCUT2D eigenvalue weighted by atomic mass is 10.0. The fraction of sp³-hybridized carbons (Fsp3) is 0.957. The van der Waals surface area contributed by atoms with E-state index in [1.54, 1.807) is 0 Å². The molecule has 0 atom stereocenters. The minimum Gasteiger partial charge on any atom is -0.481 e. The Morgan fingerprint density at radius 1 is 0.577 bits per heavy atom. The number of carbonyl (C=O) groups is 1. The van der Waals surface area contributed by atoms with Gasteiger partial charge in [0.05, 0.1) is 6.42 Å². The van der Waals surface area contributed by atoms with E-state index in [9.17, 15) is 4.79 Å². The first-order valence-corrected chi connectivity index (χ1v) is 11.7. The number of nitrogens with one attached hydrogen (secondary N) is 1. The van der Waals surface area contributed by atoms with Crippen molar-refractivity contribution in [2.24, 2.45) is 0 Å². The average Bonchev–Trinajstić information content (AvgIpc) is 2.62. The van der Waals surface area contributed by atoms with Gasteiger partial charge in [0.1, 0.15) is 0 Å². The van der Waals surface area contributed by atoms with E-state index in [0.29, 0.717) is 6.54 Å². The molecule has 0 aromatic heterocycles. The van der Waals surface area contributed by atoms with E-state index >= 15 is 0 Å². The van der Waals surface area contributed by atoms with Crippen LogP contribution in [-0.4, -0.2) is 24.2 Å². The van der Waals surface area contributed by atoms with Crippen molar-refractivity contribution in [3.05, 3.63) is 0 Å². The first-order valence-electron chi connectivity index (χ1n) is 11.7. The van der Waals surface area contributed by atoms with Crippen molar-refractivity contribution < 1.29 is 9.90 Å². The molecular weight excluding hydrogens is 322 g/mol. The van der Waals surface area contributed by atoms with Crippen molar-refractivity contribution in [3.63, 3.8) is 0 Å². The predicted octanol–water partition coefficient (Wildman–Crippen LogP) is 7.09. The first-order chi connectivity index (χ1) is 12.8. The Morgan fingerprint density at radius 3 is 1.27 bits per heavy atom. The van der Waals surface area contributed by atoms with E-state index in [4.69, 9.17) is 5.11 Å². The molecule has 0 aromatic rings. The van der Waals surface area contributed by atoms with Gasteiger partial charge in [-0.05, 0) is 13.0 Å². The maximum absolute atomic E-state index is 10.4. The second kappa shape index (κ2) is 22.5. The summed E-state index contributed by atoms with van der Waals surface area (Å²) in [6, 6.07) is 0. The van der Waals surface area contributed by atoms with Gasteiger partial charge in [0.15, 0.2) is 0 Å². The van der Waals surface area contributed by atoms with Crippen molar-refractivity contribution in [2.45, 2.75) is 129 Å². The highest BCUT2D eigenvalue weighted by Gasteiger charge is 1.96. The molecule has 0 aromatic carbocycles. The van der Waals surface area contributed by atoms with E-state index in [-0.39, 0.29) is 6.42 Å². The third kappa shape index (κ3) is 23.4. The summed E-state index contributed by atoms with van der Waals surface area (Å²) in [6.45, 7) is 3.85. The molecule has 0 aliphatic heterocycles.